The van der Waals surface area contributed by atoms with Crippen LogP contribution in [0.5, 0.6) is 5.75 Å². The summed E-state index contributed by atoms with van der Waals surface area (Å²) in [5, 5.41) is 5.00. The average Bonchev–Trinajstić information content (AvgIpc) is 2.68. The molecule has 1 aromatic carbocycles. The number of aromatic nitrogens is 2. The van der Waals surface area contributed by atoms with Crippen molar-refractivity contribution in [3.63, 3.8) is 0 Å². The summed E-state index contributed by atoms with van der Waals surface area (Å²) in [4.78, 5) is 0. The number of halogens is 1. The standard InChI is InChI=1S/C14H19ClN4O/c1-8-13(9(2)19(3)18-8)14(17-16)10-5-6-11(15)12(7-10)20-4/h5-7,14,17H,16H2,1-4H3. The minimum absolute atomic E-state index is 0.158. The monoisotopic (exact) mass is 294 g/mol. The zero-order valence-electron chi connectivity index (χ0n) is 12.1. The molecular weight excluding hydrogens is 276 g/mol. The number of ether oxygens (including phenoxy) is 1. The molecule has 3 N–H and O–H groups in total. The Morgan fingerprint density at radius 2 is 2.10 bits per heavy atom. The van der Waals surface area contributed by atoms with E-state index in [1.165, 1.54) is 0 Å². The molecule has 0 saturated heterocycles. The van der Waals surface area contributed by atoms with E-state index in [1.807, 2.05) is 37.7 Å². The van der Waals surface area contributed by atoms with Crippen LogP contribution in [0, 0.1) is 13.8 Å². The van der Waals surface area contributed by atoms with Crippen LogP contribution < -0.4 is 16.0 Å². The molecule has 0 amide bonds. The minimum Gasteiger partial charge on any atom is -0.495 e. The number of hydrogen-bond donors (Lipinski definition) is 2. The maximum atomic E-state index is 6.06. The Labute approximate surface area is 123 Å². The van der Waals surface area contributed by atoms with E-state index in [9.17, 15) is 0 Å². The average molecular weight is 295 g/mol. The van der Waals surface area contributed by atoms with Gasteiger partial charge in [-0.3, -0.25) is 10.5 Å². The highest BCUT2D eigenvalue weighted by molar-refractivity contribution is 6.32. The van der Waals surface area contributed by atoms with Crippen molar-refractivity contribution in [1.82, 2.24) is 15.2 Å². The fraction of sp³-hybridized carbons (Fsp3) is 0.357. The Bertz CT molecular complexity index is 624. The lowest BCUT2D eigenvalue weighted by molar-refractivity contribution is 0.414. The van der Waals surface area contributed by atoms with Gasteiger partial charge in [-0.2, -0.15) is 5.10 Å². The van der Waals surface area contributed by atoms with Gasteiger partial charge in [0.2, 0.25) is 0 Å². The second kappa shape index (κ2) is 5.83. The molecule has 20 heavy (non-hydrogen) atoms. The smallest absolute Gasteiger partial charge is 0.137 e. The first kappa shape index (κ1) is 14.8. The zero-order chi connectivity index (χ0) is 14.9. The summed E-state index contributed by atoms with van der Waals surface area (Å²) in [5.41, 5.74) is 6.91. The Hall–Kier alpha value is -1.56. The van der Waals surface area contributed by atoms with Gasteiger partial charge in [0.1, 0.15) is 5.75 Å². The molecule has 2 aromatic rings. The van der Waals surface area contributed by atoms with E-state index in [2.05, 4.69) is 10.5 Å². The van der Waals surface area contributed by atoms with Crippen molar-refractivity contribution in [3.8, 4) is 5.75 Å². The van der Waals surface area contributed by atoms with Gasteiger partial charge in [0.25, 0.3) is 0 Å². The first-order chi connectivity index (χ1) is 9.49. The lowest BCUT2D eigenvalue weighted by Gasteiger charge is -2.18. The van der Waals surface area contributed by atoms with E-state index < -0.39 is 0 Å². The van der Waals surface area contributed by atoms with Crippen molar-refractivity contribution < 1.29 is 4.74 Å². The normalized spacial score (nSPS) is 12.5. The van der Waals surface area contributed by atoms with Gasteiger partial charge in [-0.05, 0) is 31.5 Å². The molecule has 0 aliphatic heterocycles. The SMILES string of the molecule is COc1cc(C(NN)c2c(C)nn(C)c2C)ccc1Cl. The summed E-state index contributed by atoms with van der Waals surface area (Å²) in [6, 6.07) is 5.47. The Morgan fingerprint density at radius 3 is 2.60 bits per heavy atom. The summed E-state index contributed by atoms with van der Waals surface area (Å²) < 4.78 is 7.11. The predicted octanol–water partition coefficient (Wildman–Crippen LogP) is 2.25. The fourth-order valence-electron chi connectivity index (χ4n) is 2.41. The van der Waals surface area contributed by atoms with Gasteiger partial charge in [-0.1, -0.05) is 17.7 Å². The maximum absolute atomic E-state index is 6.06. The van der Waals surface area contributed by atoms with Crippen LogP contribution in [0.3, 0.4) is 0 Å². The molecule has 0 fully saturated rings. The Balaban J connectivity index is 2.52. The molecule has 1 heterocycles. The molecule has 6 heteroatoms. The van der Waals surface area contributed by atoms with Gasteiger partial charge in [-0.25, -0.2) is 5.43 Å². The number of benzene rings is 1. The Morgan fingerprint density at radius 1 is 1.40 bits per heavy atom. The maximum Gasteiger partial charge on any atom is 0.137 e. The van der Waals surface area contributed by atoms with Gasteiger partial charge in [0.05, 0.1) is 23.9 Å². The number of nitrogens with zero attached hydrogens (tertiary/aromatic N) is 2. The third kappa shape index (κ3) is 2.52. The minimum atomic E-state index is -0.158. The largest absolute Gasteiger partial charge is 0.495 e. The van der Waals surface area contributed by atoms with E-state index in [0.29, 0.717) is 10.8 Å². The molecule has 108 valence electrons. The van der Waals surface area contributed by atoms with Crippen molar-refractivity contribution >= 4 is 11.6 Å². The summed E-state index contributed by atoms with van der Waals surface area (Å²) in [6.45, 7) is 3.99. The number of hydrazine groups is 1. The molecule has 5 nitrogen and oxygen atoms in total. The van der Waals surface area contributed by atoms with Crippen LogP contribution in [-0.4, -0.2) is 16.9 Å². The molecule has 1 atom stereocenters. The van der Waals surface area contributed by atoms with E-state index in [1.54, 1.807) is 13.2 Å². The highest BCUT2D eigenvalue weighted by Gasteiger charge is 2.21. The molecule has 0 aliphatic carbocycles. The molecule has 2 rings (SSSR count). The van der Waals surface area contributed by atoms with Crippen LogP contribution in [0.25, 0.3) is 0 Å². The van der Waals surface area contributed by atoms with Crippen LogP contribution in [0.15, 0.2) is 18.2 Å². The zero-order valence-corrected chi connectivity index (χ0v) is 12.8. The van der Waals surface area contributed by atoms with Crippen molar-refractivity contribution in [3.05, 3.63) is 45.7 Å². The second-order valence-corrected chi connectivity index (χ2v) is 5.11. The molecule has 1 aromatic heterocycles. The first-order valence-electron chi connectivity index (χ1n) is 6.29. The van der Waals surface area contributed by atoms with Crippen molar-refractivity contribution in [2.24, 2.45) is 12.9 Å². The number of nitrogens with two attached hydrogens (primary N) is 1. The van der Waals surface area contributed by atoms with Crippen LogP contribution in [0.1, 0.15) is 28.6 Å². The van der Waals surface area contributed by atoms with Crippen LogP contribution >= 0.6 is 11.6 Å². The lowest BCUT2D eigenvalue weighted by atomic mass is 9.97. The van der Waals surface area contributed by atoms with Gasteiger partial charge in [-0.15, -0.1) is 0 Å². The van der Waals surface area contributed by atoms with Gasteiger partial charge >= 0.3 is 0 Å². The predicted molar refractivity (Wildman–Crippen MR) is 79.9 cm³/mol. The number of aryl methyl sites for hydroxylation is 2. The van der Waals surface area contributed by atoms with Crippen LogP contribution in [-0.2, 0) is 7.05 Å². The highest BCUT2D eigenvalue weighted by atomic mass is 35.5. The van der Waals surface area contributed by atoms with Crippen molar-refractivity contribution in [2.45, 2.75) is 19.9 Å². The number of nitrogens with one attached hydrogen (secondary N) is 1. The summed E-state index contributed by atoms with van der Waals surface area (Å²) in [5.74, 6) is 6.38. The van der Waals surface area contributed by atoms with E-state index in [0.717, 1.165) is 22.5 Å². The van der Waals surface area contributed by atoms with E-state index in [4.69, 9.17) is 22.2 Å². The molecule has 0 bridgehead atoms. The third-order valence-electron chi connectivity index (χ3n) is 3.53. The van der Waals surface area contributed by atoms with Gasteiger partial charge in [0, 0.05) is 18.3 Å². The number of hydrogen-bond acceptors (Lipinski definition) is 4. The van der Waals surface area contributed by atoms with E-state index >= 15 is 0 Å². The number of methoxy groups -OCH3 is 1. The molecule has 1 unspecified atom stereocenters. The molecule has 0 radical (unpaired) electrons. The molecule has 0 saturated carbocycles. The molecule has 0 spiro atoms. The second-order valence-electron chi connectivity index (χ2n) is 4.70. The number of rotatable bonds is 4. The first-order valence-corrected chi connectivity index (χ1v) is 6.67. The quantitative estimate of drug-likeness (QED) is 0.670. The van der Waals surface area contributed by atoms with Crippen molar-refractivity contribution in [2.75, 3.05) is 7.11 Å². The third-order valence-corrected chi connectivity index (χ3v) is 3.84. The van der Waals surface area contributed by atoms with Crippen molar-refractivity contribution in [1.29, 1.82) is 0 Å². The topological polar surface area (TPSA) is 65.1 Å². The molecular formula is C14H19ClN4O. The fourth-order valence-corrected chi connectivity index (χ4v) is 2.60. The van der Waals surface area contributed by atoms with Gasteiger partial charge in [0.15, 0.2) is 0 Å². The highest BCUT2D eigenvalue weighted by Crippen LogP contribution is 2.32. The van der Waals surface area contributed by atoms with E-state index in [-0.39, 0.29) is 6.04 Å². The lowest BCUT2D eigenvalue weighted by Crippen LogP contribution is -2.29. The molecule has 0 aliphatic rings. The summed E-state index contributed by atoms with van der Waals surface area (Å²) in [7, 11) is 3.51. The Kier molecular flexibility index (Phi) is 4.32. The summed E-state index contributed by atoms with van der Waals surface area (Å²) in [6.07, 6.45) is 0. The van der Waals surface area contributed by atoms with Crippen LogP contribution in [0.2, 0.25) is 5.02 Å². The summed E-state index contributed by atoms with van der Waals surface area (Å²) >= 11 is 6.06. The van der Waals surface area contributed by atoms with Gasteiger partial charge < -0.3 is 4.74 Å². The van der Waals surface area contributed by atoms with Crippen LogP contribution in [0.4, 0.5) is 0 Å².